The summed E-state index contributed by atoms with van der Waals surface area (Å²) in [4.78, 5) is 14.2. The molecular weight excluding hydrogens is 285 g/mol. The minimum Gasteiger partial charge on any atom is -0.393 e. The first-order chi connectivity index (χ1) is 10.5. The quantitative estimate of drug-likeness (QED) is 0.922. The summed E-state index contributed by atoms with van der Waals surface area (Å²) in [7, 11) is 0. The molecule has 1 fully saturated rings. The molecule has 1 N–H and O–H groups in total. The Morgan fingerprint density at radius 3 is 2.73 bits per heavy atom. The molecule has 5 nitrogen and oxygen atoms in total. The monoisotopic (exact) mass is 303 g/mol. The van der Waals surface area contributed by atoms with Crippen molar-refractivity contribution in [2.24, 2.45) is 0 Å². The van der Waals surface area contributed by atoms with E-state index in [0.29, 0.717) is 37.3 Å². The van der Waals surface area contributed by atoms with Gasteiger partial charge in [0.25, 0.3) is 5.91 Å². The molecule has 1 aromatic carbocycles. The van der Waals surface area contributed by atoms with E-state index in [1.807, 2.05) is 6.92 Å². The zero-order valence-electron chi connectivity index (χ0n) is 12.4. The molecule has 1 amide bonds. The normalized spacial score (nSPS) is 16.0. The van der Waals surface area contributed by atoms with Crippen LogP contribution in [0.15, 0.2) is 30.3 Å². The molecule has 2 aromatic rings. The molecule has 6 heteroatoms. The van der Waals surface area contributed by atoms with Gasteiger partial charge < -0.3 is 10.0 Å². The standard InChI is InChI=1S/C16H18FN3O2/c1-11-9-15(16(22)19-7-5-14(21)6-8-19)18-20(11)13-4-2-3-12(17)10-13/h2-4,9-10,14,21H,5-8H2,1H3. The van der Waals surface area contributed by atoms with Crippen LogP contribution in [-0.2, 0) is 0 Å². The highest BCUT2D eigenvalue weighted by Gasteiger charge is 2.24. The summed E-state index contributed by atoms with van der Waals surface area (Å²) in [6.45, 7) is 2.90. The van der Waals surface area contributed by atoms with E-state index in [0.717, 1.165) is 5.69 Å². The number of halogens is 1. The summed E-state index contributed by atoms with van der Waals surface area (Å²) in [5.41, 5.74) is 1.70. The van der Waals surface area contributed by atoms with Gasteiger partial charge in [0.05, 0.1) is 11.8 Å². The molecule has 116 valence electrons. The first kappa shape index (κ1) is 14.7. The number of aliphatic hydroxyl groups is 1. The molecule has 0 atom stereocenters. The molecule has 0 aliphatic carbocycles. The van der Waals surface area contributed by atoms with Crippen LogP contribution in [0.4, 0.5) is 4.39 Å². The van der Waals surface area contributed by atoms with E-state index in [1.165, 1.54) is 12.1 Å². The Hall–Kier alpha value is -2.21. The van der Waals surface area contributed by atoms with E-state index in [9.17, 15) is 14.3 Å². The number of benzene rings is 1. The Morgan fingerprint density at radius 1 is 1.32 bits per heavy atom. The first-order valence-electron chi connectivity index (χ1n) is 7.34. The Balaban J connectivity index is 1.84. The summed E-state index contributed by atoms with van der Waals surface area (Å²) < 4.78 is 14.9. The first-order valence-corrected chi connectivity index (χ1v) is 7.34. The van der Waals surface area contributed by atoms with E-state index in [4.69, 9.17) is 0 Å². The number of aryl methyl sites for hydroxylation is 1. The zero-order valence-corrected chi connectivity index (χ0v) is 12.4. The fraction of sp³-hybridized carbons (Fsp3) is 0.375. The lowest BCUT2D eigenvalue weighted by molar-refractivity contribution is 0.0541. The fourth-order valence-electron chi connectivity index (χ4n) is 2.68. The van der Waals surface area contributed by atoms with Crippen molar-refractivity contribution in [2.45, 2.75) is 25.9 Å². The number of hydrogen-bond donors (Lipinski definition) is 1. The molecule has 0 saturated carbocycles. The molecule has 0 spiro atoms. The van der Waals surface area contributed by atoms with E-state index in [1.54, 1.807) is 27.8 Å². The van der Waals surface area contributed by atoms with Crippen molar-refractivity contribution in [1.82, 2.24) is 14.7 Å². The van der Waals surface area contributed by atoms with Gasteiger partial charge in [-0.3, -0.25) is 4.79 Å². The third kappa shape index (κ3) is 2.87. The molecule has 1 saturated heterocycles. The predicted octanol–water partition coefficient (Wildman–Crippen LogP) is 1.92. The largest absolute Gasteiger partial charge is 0.393 e. The van der Waals surface area contributed by atoms with Crippen molar-refractivity contribution < 1.29 is 14.3 Å². The summed E-state index contributed by atoms with van der Waals surface area (Å²) in [5.74, 6) is -0.490. The molecular formula is C16H18FN3O2. The van der Waals surface area contributed by atoms with Crippen LogP contribution in [0.1, 0.15) is 29.0 Å². The smallest absolute Gasteiger partial charge is 0.274 e. The van der Waals surface area contributed by atoms with Gasteiger partial charge in [-0.25, -0.2) is 9.07 Å². The Labute approximate surface area is 128 Å². The van der Waals surface area contributed by atoms with Crippen molar-refractivity contribution in [3.63, 3.8) is 0 Å². The fourth-order valence-corrected chi connectivity index (χ4v) is 2.68. The van der Waals surface area contributed by atoms with Gasteiger partial charge in [0.15, 0.2) is 5.69 Å². The Bertz CT molecular complexity index is 690. The van der Waals surface area contributed by atoms with Crippen molar-refractivity contribution >= 4 is 5.91 Å². The molecule has 2 heterocycles. The molecule has 22 heavy (non-hydrogen) atoms. The third-order valence-corrected chi connectivity index (χ3v) is 3.91. The van der Waals surface area contributed by atoms with Gasteiger partial charge in [-0.2, -0.15) is 5.10 Å². The van der Waals surface area contributed by atoms with Gasteiger partial charge in [-0.15, -0.1) is 0 Å². The van der Waals surface area contributed by atoms with E-state index < -0.39 is 0 Å². The number of carbonyl (C=O) groups is 1. The van der Waals surface area contributed by atoms with Crippen LogP contribution in [0, 0.1) is 12.7 Å². The van der Waals surface area contributed by atoms with E-state index >= 15 is 0 Å². The average molecular weight is 303 g/mol. The predicted molar refractivity (Wildman–Crippen MR) is 79.4 cm³/mol. The number of aliphatic hydroxyl groups excluding tert-OH is 1. The average Bonchev–Trinajstić information content (AvgIpc) is 2.89. The number of aromatic nitrogens is 2. The minimum absolute atomic E-state index is 0.148. The molecule has 1 aromatic heterocycles. The maximum atomic E-state index is 13.3. The highest BCUT2D eigenvalue weighted by Crippen LogP contribution is 2.17. The van der Waals surface area contributed by atoms with Crippen LogP contribution >= 0.6 is 0 Å². The van der Waals surface area contributed by atoms with Crippen LogP contribution < -0.4 is 0 Å². The van der Waals surface area contributed by atoms with Crippen LogP contribution in [0.2, 0.25) is 0 Å². The van der Waals surface area contributed by atoms with Crippen molar-refractivity contribution in [1.29, 1.82) is 0 Å². The van der Waals surface area contributed by atoms with Crippen LogP contribution in [0.25, 0.3) is 5.69 Å². The van der Waals surface area contributed by atoms with Crippen molar-refractivity contribution in [3.05, 3.63) is 47.5 Å². The number of amides is 1. The van der Waals surface area contributed by atoms with Gasteiger partial charge in [0, 0.05) is 18.8 Å². The second kappa shape index (κ2) is 5.88. The summed E-state index contributed by atoms with van der Waals surface area (Å²) >= 11 is 0. The third-order valence-electron chi connectivity index (χ3n) is 3.91. The number of piperidine rings is 1. The zero-order chi connectivity index (χ0) is 15.7. The Kier molecular flexibility index (Phi) is 3.94. The highest BCUT2D eigenvalue weighted by molar-refractivity contribution is 5.92. The van der Waals surface area contributed by atoms with Crippen molar-refractivity contribution in [3.8, 4) is 5.69 Å². The molecule has 1 aliphatic heterocycles. The molecule has 3 rings (SSSR count). The molecule has 0 bridgehead atoms. The lowest BCUT2D eigenvalue weighted by Crippen LogP contribution is -2.40. The topological polar surface area (TPSA) is 58.4 Å². The van der Waals surface area contributed by atoms with Gasteiger partial charge in [-0.1, -0.05) is 6.07 Å². The number of hydrogen-bond acceptors (Lipinski definition) is 3. The lowest BCUT2D eigenvalue weighted by atomic mass is 10.1. The summed E-state index contributed by atoms with van der Waals surface area (Å²) in [6.07, 6.45) is 0.862. The second-order valence-corrected chi connectivity index (χ2v) is 5.59. The molecule has 0 radical (unpaired) electrons. The number of carbonyl (C=O) groups excluding carboxylic acids is 1. The number of rotatable bonds is 2. The molecule has 1 aliphatic rings. The number of nitrogens with zero attached hydrogens (tertiary/aromatic N) is 3. The highest BCUT2D eigenvalue weighted by atomic mass is 19.1. The number of likely N-dealkylation sites (tertiary alicyclic amines) is 1. The minimum atomic E-state index is -0.342. The molecule has 0 unspecified atom stereocenters. The maximum absolute atomic E-state index is 13.3. The summed E-state index contributed by atoms with van der Waals surface area (Å²) in [5, 5.41) is 13.8. The van der Waals surface area contributed by atoms with Crippen LogP contribution in [0.3, 0.4) is 0 Å². The van der Waals surface area contributed by atoms with Gasteiger partial charge in [0.2, 0.25) is 0 Å². The van der Waals surface area contributed by atoms with E-state index in [2.05, 4.69) is 5.10 Å². The second-order valence-electron chi connectivity index (χ2n) is 5.59. The van der Waals surface area contributed by atoms with E-state index in [-0.39, 0.29) is 17.8 Å². The van der Waals surface area contributed by atoms with Crippen LogP contribution in [-0.4, -0.2) is 44.9 Å². The summed E-state index contributed by atoms with van der Waals surface area (Å²) in [6, 6.07) is 7.81. The lowest BCUT2D eigenvalue weighted by Gasteiger charge is -2.28. The maximum Gasteiger partial charge on any atom is 0.274 e. The van der Waals surface area contributed by atoms with Gasteiger partial charge in [0.1, 0.15) is 5.82 Å². The van der Waals surface area contributed by atoms with Crippen molar-refractivity contribution in [2.75, 3.05) is 13.1 Å². The van der Waals surface area contributed by atoms with Crippen LogP contribution in [0.5, 0.6) is 0 Å². The SMILES string of the molecule is Cc1cc(C(=O)N2CCC(O)CC2)nn1-c1cccc(F)c1. The van der Waals surface area contributed by atoms with Gasteiger partial charge in [-0.05, 0) is 44.0 Å². The Morgan fingerprint density at radius 2 is 2.05 bits per heavy atom. The van der Waals surface area contributed by atoms with Gasteiger partial charge >= 0.3 is 0 Å².